The molecule has 0 spiro atoms. The minimum atomic E-state index is -5.00. The number of fused-ring (bicyclic) bond motifs is 1. The van der Waals surface area contributed by atoms with Crippen LogP contribution in [0.4, 0.5) is 5.69 Å². The second-order valence-electron chi connectivity index (χ2n) is 7.46. The highest BCUT2D eigenvalue weighted by atomic mass is 32.2. The average Bonchev–Trinajstić information content (AvgIpc) is 2.67. The van der Waals surface area contributed by atoms with E-state index in [-0.39, 0.29) is 29.3 Å². The maximum atomic E-state index is 12.3. The molecule has 0 unspecified atom stereocenters. The van der Waals surface area contributed by atoms with E-state index in [4.69, 9.17) is 0 Å². The number of carbonyl (C=O) groups is 2. The molecule has 2 N–H and O–H groups in total. The SMILES string of the molecule is O=C([O-])CCCCCCCCC(=O)Nc1cc(S(=O)(=O)[O-])cc2cc(S(=O)(=O)[O-])cc(O)c12. The number of rotatable bonds is 12. The molecule has 0 bridgehead atoms. The molecule has 2 aromatic carbocycles. The van der Waals surface area contributed by atoms with E-state index in [2.05, 4.69) is 5.32 Å². The fraction of sp³-hybridized carbons (Fsp3) is 0.400. The molecule has 0 aromatic heterocycles. The van der Waals surface area contributed by atoms with Crippen LogP contribution in [0.2, 0.25) is 0 Å². The third-order valence-electron chi connectivity index (χ3n) is 4.86. The van der Waals surface area contributed by atoms with E-state index >= 15 is 0 Å². The Labute approximate surface area is 190 Å². The molecule has 182 valence electrons. The molecule has 0 aliphatic heterocycles. The summed E-state index contributed by atoms with van der Waals surface area (Å²) >= 11 is 0. The minimum Gasteiger partial charge on any atom is -0.744 e. The van der Waals surface area contributed by atoms with Gasteiger partial charge >= 0.3 is 0 Å². The highest BCUT2D eigenvalue weighted by Gasteiger charge is 2.16. The van der Waals surface area contributed by atoms with Crippen LogP contribution in [0.15, 0.2) is 34.1 Å². The minimum absolute atomic E-state index is 0.00356. The first kappa shape index (κ1) is 26.5. The number of anilines is 1. The van der Waals surface area contributed by atoms with Crippen LogP contribution in [0.1, 0.15) is 51.4 Å². The zero-order chi connectivity index (χ0) is 24.8. The second kappa shape index (κ2) is 10.9. The summed E-state index contributed by atoms with van der Waals surface area (Å²) in [4.78, 5) is 21.1. The molecule has 2 aromatic rings. The zero-order valence-electron chi connectivity index (χ0n) is 17.4. The first-order valence-corrected chi connectivity index (χ1v) is 12.8. The first-order valence-electron chi connectivity index (χ1n) is 10.0. The standard InChI is InChI=1S/C20H25NO10S2/c22-17-12-15(33(29,30)31)10-13-9-14(32(26,27)28)11-16(20(13)17)21-18(23)7-5-3-1-2-4-6-8-19(24)25/h9-12,22H,1-8H2,(H,21,23)(H,24,25)(H,26,27,28)(H,29,30,31)/p-3. The molecular weight excluding hydrogens is 478 g/mol. The van der Waals surface area contributed by atoms with Gasteiger partial charge in [0.1, 0.15) is 26.0 Å². The lowest BCUT2D eigenvalue weighted by Crippen LogP contribution is -2.21. The van der Waals surface area contributed by atoms with Gasteiger partial charge in [0.05, 0.1) is 15.5 Å². The van der Waals surface area contributed by atoms with Gasteiger partial charge in [-0.15, -0.1) is 0 Å². The lowest BCUT2D eigenvalue weighted by Gasteiger charge is -2.16. The molecule has 1 amide bonds. The van der Waals surface area contributed by atoms with Crippen LogP contribution < -0.4 is 10.4 Å². The van der Waals surface area contributed by atoms with E-state index < -0.39 is 47.7 Å². The lowest BCUT2D eigenvalue weighted by atomic mass is 10.1. The molecule has 0 heterocycles. The number of carbonyl (C=O) groups excluding carboxylic acids is 2. The number of phenols is 1. The molecule has 33 heavy (non-hydrogen) atoms. The highest BCUT2D eigenvalue weighted by molar-refractivity contribution is 7.86. The normalized spacial score (nSPS) is 12.1. The van der Waals surface area contributed by atoms with E-state index in [0.717, 1.165) is 37.5 Å². The van der Waals surface area contributed by atoms with Crippen molar-refractivity contribution in [3.05, 3.63) is 24.3 Å². The smallest absolute Gasteiger partial charge is 0.224 e. The summed E-state index contributed by atoms with van der Waals surface area (Å²) in [6, 6.07) is 3.14. The van der Waals surface area contributed by atoms with Gasteiger partial charge in [0.15, 0.2) is 0 Å². The quantitative estimate of drug-likeness (QED) is 0.314. The van der Waals surface area contributed by atoms with E-state index in [0.29, 0.717) is 25.3 Å². The number of hydrogen-bond acceptors (Lipinski definition) is 10. The maximum Gasteiger partial charge on any atom is 0.224 e. The Morgan fingerprint density at radius 3 is 1.79 bits per heavy atom. The topological polar surface area (TPSA) is 204 Å². The third kappa shape index (κ3) is 7.96. The fourth-order valence-electron chi connectivity index (χ4n) is 3.30. The lowest BCUT2D eigenvalue weighted by molar-refractivity contribution is -0.305. The number of carboxylic acids is 1. The largest absolute Gasteiger partial charge is 0.744 e. The number of carboxylic acid groups (broad SMARTS) is 1. The van der Waals surface area contributed by atoms with Gasteiger partial charge in [-0.2, -0.15) is 0 Å². The monoisotopic (exact) mass is 500 g/mol. The van der Waals surface area contributed by atoms with Crippen molar-refractivity contribution in [3.63, 3.8) is 0 Å². The van der Waals surface area contributed by atoms with Gasteiger partial charge in [-0.3, -0.25) is 4.79 Å². The molecule has 0 fully saturated rings. The van der Waals surface area contributed by atoms with Crippen molar-refractivity contribution in [2.24, 2.45) is 0 Å². The van der Waals surface area contributed by atoms with E-state index in [1.165, 1.54) is 0 Å². The molecule has 0 aliphatic rings. The van der Waals surface area contributed by atoms with Gasteiger partial charge in [0, 0.05) is 17.8 Å². The number of nitrogens with one attached hydrogen (secondary N) is 1. The molecule has 0 saturated heterocycles. The van der Waals surface area contributed by atoms with Gasteiger partial charge in [-0.1, -0.05) is 25.7 Å². The molecule has 2 rings (SSSR count). The Kier molecular flexibility index (Phi) is 8.77. The number of benzene rings is 2. The van der Waals surface area contributed by atoms with Crippen molar-refractivity contribution in [3.8, 4) is 5.75 Å². The molecule has 13 heteroatoms. The number of amides is 1. The van der Waals surface area contributed by atoms with Crippen LogP contribution in [0.5, 0.6) is 5.75 Å². The Morgan fingerprint density at radius 2 is 1.27 bits per heavy atom. The summed E-state index contributed by atoms with van der Waals surface area (Å²) in [7, 11) is -9.99. The van der Waals surface area contributed by atoms with Gasteiger partial charge in [0.2, 0.25) is 5.91 Å². The van der Waals surface area contributed by atoms with Crippen molar-refractivity contribution in [1.29, 1.82) is 0 Å². The Bertz CT molecular complexity index is 1250. The van der Waals surface area contributed by atoms with Crippen LogP contribution in [0, 0.1) is 0 Å². The van der Waals surface area contributed by atoms with Gasteiger partial charge < -0.3 is 29.4 Å². The Hall–Kier alpha value is -2.74. The number of aromatic hydroxyl groups is 1. The van der Waals surface area contributed by atoms with Gasteiger partial charge in [-0.05, 0) is 48.9 Å². The number of aliphatic carboxylic acids is 1. The summed E-state index contributed by atoms with van der Waals surface area (Å²) in [5.41, 5.74) is -0.221. The fourth-order valence-corrected chi connectivity index (χ4v) is 4.36. The number of unbranched alkanes of at least 4 members (excludes halogenated alkanes) is 5. The summed E-state index contributed by atoms with van der Waals surface area (Å²) in [5, 5.41) is 22.6. The van der Waals surface area contributed by atoms with Crippen LogP contribution in [-0.4, -0.2) is 42.9 Å². The number of phenolic OH excluding ortho intramolecular Hbond substituents is 1. The van der Waals surface area contributed by atoms with Gasteiger partial charge in [0.25, 0.3) is 0 Å². The first-order chi connectivity index (χ1) is 15.3. The van der Waals surface area contributed by atoms with Crippen molar-refractivity contribution >= 4 is 48.6 Å². The second-order valence-corrected chi connectivity index (χ2v) is 10.2. The van der Waals surface area contributed by atoms with Crippen LogP contribution >= 0.6 is 0 Å². The molecular formula is C20H22NO10S2-3. The molecule has 0 saturated carbocycles. The van der Waals surface area contributed by atoms with E-state index in [1.54, 1.807) is 0 Å². The Balaban J connectivity index is 2.15. The van der Waals surface area contributed by atoms with Crippen LogP contribution in [0.25, 0.3) is 10.8 Å². The van der Waals surface area contributed by atoms with Crippen LogP contribution in [0.3, 0.4) is 0 Å². The van der Waals surface area contributed by atoms with Gasteiger partial charge in [-0.25, -0.2) is 16.8 Å². The predicted molar refractivity (Wildman–Crippen MR) is 112 cm³/mol. The zero-order valence-corrected chi connectivity index (χ0v) is 19.0. The summed E-state index contributed by atoms with van der Waals surface area (Å²) in [6.45, 7) is 0. The summed E-state index contributed by atoms with van der Waals surface area (Å²) in [6.07, 6.45) is 4.03. The van der Waals surface area contributed by atoms with Crippen molar-refractivity contribution in [2.75, 3.05) is 5.32 Å². The summed E-state index contributed by atoms with van der Waals surface area (Å²) < 4.78 is 68.3. The average molecular weight is 501 g/mol. The molecule has 11 nitrogen and oxygen atoms in total. The van der Waals surface area contributed by atoms with Crippen molar-refractivity contribution in [1.82, 2.24) is 0 Å². The van der Waals surface area contributed by atoms with Crippen molar-refractivity contribution < 1.29 is 45.7 Å². The van der Waals surface area contributed by atoms with E-state index in [9.17, 15) is 45.7 Å². The maximum absolute atomic E-state index is 12.3. The third-order valence-corrected chi connectivity index (χ3v) is 6.49. The van der Waals surface area contributed by atoms with Crippen LogP contribution in [-0.2, 0) is 29.8 Å². The molecule has 0 radical (unpaired) electrons. The molecule has 0 aliphatic carbocycles. The Morgan fingerprint density at radius 1 is 0.788 bits per heavy atom. The highest BCUT2D eigenvalue weighted by Crippen LogP contribution is 2.36. The molecule has 0 atom stereocenters. The predicted octanol–water partition coefficient (Wildman–Crippen LogP) is 1.16. The number of hydrogen-bond donors (Lipinski definition) is 2. The van der Waals surface area contributed by atoms with E-state index in [1.807, 2.05) is 0 Å². The summed E-state index contributed by atoms with van der Waals surface area (Å²) in [5.74, 6) is -2.32. The van der Waals surface area contributed by atoms with Crippen molar-refractivity contribution in [2.45, 2.75) is 61.2 Å².